The minimum atomic E-state index is 0.797. The van der Waals surface area contributed by atoms with E-state index in [4.69, 9.17) is 0 Å². The molecule has 3 aliphatic rings. The van der Waals surface area contributed by atoms with Crippen LogP contribution in [0.25, 0.3) is 0 Å². The standard InChI is InChI=1S/C16H30N2/c1-2-11-17-14-7-5-9-16(14)18-12-10-13-6-3-4-8-15(13)18/h13-17H,2-12H2,1H3. The molecule has 3 rings (SSSR count). The van der Waals surface area contributed by atoms with Crippen LogP contribution in [0, 0.1) is 5.92 Å². The SMILES string of the molecule is CCCNC1CCCC1N1CCC2CCCCC21. The maximum Gasteiger partial charge on any atom is 0.0252 e. The molecule has 1 aliphatic heterocycles. The van der Waals surface area contributed by atoms with Gasteiger partial charge in [0.25, 0.3) is 0 Å². The molecular formula is C16H30N2. The van der Waals surface area contributed by atoms with Crippen molar-refractivity contribution in [2.24, 2.45) is 5.92 Å². The zero-order chi connectivity index (χ0) is 12.4. The highest BCUT2D eigenvalue weighted by atomic mass is 15.2. The maximum atomic E-state index is 3.81. The number of fused-ring (bicyclic) bond motifs is 1. The van der Waals surface area contributed by atoms with Gasteiger partial charge in [-0.05, 0) is 57.5 Å². The fourth-order valence-electron chi connectivity index (χ4n) is 4.76. The van der Waals surface area contributed by atoms with Crippen LogP contribution in [0.3, 0.4) is 0 Å². The van der Waals surface area contributed by atoms with E-state index in [-0.39, 0.29) is 0 Å². The van der Waals surface area contributed by atoms with Crippen LogP contribution in [0.2, 0.25) is 0 Å². The molecule has 0 radical (unpaired) electrons. The van der Waals surface area contributed by atoms with Crippen molar-refractivity contribution < 1.29 is 0 Å². The Kier molecular flexibility index (Phi) is 4.25. The van der Waals surface area contributed by atoms with Gasteiger partial charge in [0.15, 0.2) is 0 Å². The summed E-state index contributed by atoms with van der Waals surface area (Å²) in [5.74, 6) is 1.05. The molecule has 2 heteroatoms. The van der Waals surface area contributed by atoms with Gasteiger partial charge in [0.1, 0.15) is 0 Å². The molecule has 4 unspecified atom stereocenters. The molecule has 0 aromatic heterocycles. The van der Waals surface area contributed by atoms with Crippen LogP contribution in [0.15, 0.2) is 0 Å². The Balaban J connectivity index is 1.62. The van der Waals surface area contributed by atoms with E-state index in [0.29, 0.717) is 0 Å². The third kappa shape index (κ3) is 2.46. The summed E-state index contributed by atoms with van der Waals surface area (Å²) in [5, 5.41) is 3.81. The van der Waals surface area contributed by atoms with Gasteiger partial charge in [-0.1, -0.05) is 26.2 Å². The highest BCUT2D eigenvalue weighted by Crippen LogP contribution is 2.40. The van der Waals surface area contributed by atoms with E-state index in [1.165, 1.54) is 70.9 Å². The molecule has 0 bridgehead atoms. The molecule has 18 heavy (non-hydrogen) atoms. The number of hydrogen-bond donors (Lipinski definition) is 1. The maximum absolute atomic E-state index is 3.81. The average molecular weight is 250 g/mol. The Labute approximate surface area is 113 Å². The zero-order valence-corrected chi connectivity index (χ0v) is 12.0. The van der Waals surface area contributed by atoms with Crippen LogP contribution in [0.5, 0.6) is 0 Å². The second-order valence-electron chi connectivity index (χ2n) is 6.70. The Morgan fingerprint density at radius 3 is 2.67 bits per heavy atom. The van der Waals surface area contributed by atoms with Crippen molar-refractivity contribution in [3.63, 3.8) is 0 Å². The third-order valence-corrected chi connectivity index (χ3v) is 5.62. The molecule has 0 aromatic carbocycles. The van der Waals surface area contributed by atoms with E-state index >= 15 is 0 Å². The van der Waals surface area contributed by atoms with Crippen molar-refractivity contribution in [3.05, 3.63) is 0 Å². The van der Waals surface area contributed by atoms with Gasteiger partial charge in [-0.25, -0.2) is 0 Å². The van der Waals surface area contributed by atoms with E-state index in [1.807, 2.05) is 0 Å². The van der Waals surface area contributed by atoms with Crippen molar-refractivity contribution in [3.8, 4) is 0 Å². The molecule has 3 fully saturated rings. The van der Waals surface area contributed by atoms with Gasteiger partial charge in [0.2, 0.25) is 0 Å². The number of likely N-dealkylation sites (tertiary alicyclic amines) is 1. The summed E-state index contributed by atoms with van der Waals surface area (Å²) >= 11 is 0. The molecule has 1 heterocycles. The summed E-state index contributed by atoms with van der Waals surface area (Å²) in [4.78, 5) is 2.92. The number of nitrogens with zero attached hydrogens (tertiary/aromatic N) is 1. The minimum absolute atomic E-state index is 0.797. The first-order chi connectivity index (χ1) is 8.90. The molecule has 104 valence electrons. The van der Waals surface area contributed by atoms with Crippen molar-refractivity contribution in [1.82, 2.24) is 10.2 Å². The van der Waals surface area contributed by atoms with Crippen molar-refractivity contribution in [2.75, 3.05) is 13.1 Å². The summed E-state index contributed by atoms with van der Waals surface area (Å²) in [5.41, 5.74) is 0. The lowest BCUT2D eigenvalue weighted by molar-refractivity contribution is 0.118. The van der Waals surface area contributed by atoms with Gasteiger partial charge < -0.3 is 5.32 Å². The topological polar surface area (TPSA) is 15.3 Å². The van der Waals surface area contributed by atoms with Gasteiger partial charge in [-0.3, -0.25) is 4.90 Å². The van der Waals surface area contributed by atoms with Crippen molar-refractivity contribution in [2.45, 2.75) is 82.8 Å². The lowest BCUT2D eigenvalue weighted by atomic mass is 9.85. The van der Waals surface area contributed by atoms with Crippen LogP contribution in [0.4, 0.5) is 0 Å². The van der Waals surface area contributed by atoms with E-state index in [9.17, 15) is 0 Å². The molecule has 4 atom stereocenters. The monoisotopic (exact) mass is 250 g/mol. The van der Waals surface area contributed by atoms with E-state index in [0.717, 1.165) is 24.0 Å². The molecule has 0 amide bonds. The van der Waals surface area contributed by atoms with Crippen molar-refractivity contribution >= 4 is 0 Å². The lowest BCUT2D eigenvalue weighted by Crippen LogP contribution is -2.50. The second-order valence-corrected chi connectivity index (χ2v) is 6.70. The first-order valence-electron chi connectivity index (χ1n) is 8.39. The first kappa shape index (κ1) is 12.9. The predicted octanol–water partition coefficient (Wildman–Crippen LogP) is 3.17. The Hall–Kier alpha value is -0.0800. The zero-order valence-electron chi connectivity index (χ0n) is 12.0. The van der Waals surface area contributed by atoms with Crippen molar-refractivity contribution in [1.29, 1.82) is 0 Å². The predicted molar refractivity (Wildman–Crippen MR) is 76.8 cm³/mol. The number of nitrogens with one attached hydrogen (secondary N) is 1. The summed E-state index contributed by atoms with van der Waals surface area (Å²) < 4.78 is 0. The normalized spacial score (nSPS) is 41.2. The average Bonchev–Trinajstić information content (AvgIpc) is 3.02. The lowest BCUT2D eigenvalue weighted by Gasteiger charge is -2.38. The van der Waals surface area contributed by atoms with Gasteiger partial charge in [0.05, 0.1) is 0 Å². The number of rotatable bonds is 4. The van der Waals surface area contributed by atoms with Gasteiger partial charge in [-0.2, -0.15) is 0 Å². The fourth-order valence-corrected chi connectivity index (χ4v) is 4.76. The highest BCUT2D eigenvalue weighted by Gasteiger charge is 2.42. The van der Waals surface area contributed by atoms with Gasteiger partial charge in [0, 0.05) is 18.1 Å². The molecule has 2 aliphatic carbocycles. The van der Waals surface area contributed by atoms with Gasteiger partial charge in [-0.15, -0.1) is 0 Å². The van der Waals surface area contributed by atoms with Crippen LogP contribution < -0.4 is 5.32 Å². The highest BCUT2D eigenvalue weighted by molar-refractivity contribution is 4.98. The quantitative estimate of drug-likeness (QED) is 0.824. The van der Waals surface area contributed by atoms with Gasteiger partial charge >= 0.3 is 0 Å². The number of hydrogen-bond acceptors (Lipinski definition) is 2. The van der Waals surface area contributed by atoms with Crippen LogP contribution in [0.1, 0.15) is 64.7 Å². The molecule has 1 N–H and O–H groups in total. The molecule has 2 saturated carbocycles. The first-order valence-corrected chi connectivity index (χ1v) is 8.39. The molecule has 0 aromatic rings. The third-order valence-electron chi connectivity index (χ3n) is 5.62. The molecule has 1 saturated heterocycles. The smallest absolute Gasteiger partial charge is 0.0252 e. The van der Waals surface area contributed by atoms with Crippen LogP contribution in [-0.4, -0.2) is 36.1 Å². The summed E-state index contributed by atoms with van der Waals surface area (Å²) in [6.45, 7) is 4.89. The van der Waals surface area contributed by atoms with E-state index in [2.05, 4.69) is 17.1 Å². The summed E-state index contributed by atoms with van der Waals surface area (Å²) in [6.07, 6.45) is 13.1. The largest absolute Gasteiger partial charge is 0.312 e. The Morgan fingerprint density at radius 1 is 0.944 bits per heavy atom. The van der Waals surface area contributed by atoms with Crippen LogP contribution in [-0.2, 0) is 0 Å². The fraction of sp³-hybridized carbons (Fsp3) is 1.00. The van der Waals surface area contributed by atoms with Crippen LogP contribution >= 0.6 is 0 Å². The molecular weight excluding hydrogens is 220 g/mol. The Morgan fingerprint density at radius 2 is 1.78 bits per heavy atom. The summed E-state index contributed by atoms with van der Waals surface area (Å²) in [6, 6.07) is 2.61. The minimum Gasteiger partial charge on any atom is -0.312 e. The summed E-state index contributed by atoms with van der Waals surface area (Å²) in [7, 11) is 0. The molecule has 2 nitrogen and oxygen atoms in total. The van der Waals surface area contributed by atoms with E-state index in [1.54, 1.807) is 0 Å². The Bertz CT molecular complexity index is 266. The molecule has 0 spiro atoms. The van der Waals surface area contributed by atoms with E-state index < -0.39 is 0 Å². The second kappa shape index (κ2) is 5.92.